The van der Waals surface area contributed by atoms with Crippen molar-refractivity contribution in [2.75, 3.05) is 12.0 Å². The summed E-state index contributed by atoms with van der Waals surface area (Å²) in [5.41, 5.74) is 1.62. The Morgan fingerprint density at radius 2 is 2.10 bits per heavy atom. The van der Waals surface area contributed by atoms with Crippen molar-refractivity contribution in [2.45, 2.75) is 39.2 Å². The highest BCUT2D eigenvalue weighted by Crippen LogP contribution is 2.31. The van der Waals surface area contributed by atoms with Crippen LogP contribution in [0, 0.1) is 0 Å². The van der Waals surface area contributed by atoms with Gasteiger partial charge < -0.3 is 9.67 Å². The van der Waals surface area contributed by atoms with Crippen LogP contribution >= 0.6 is 11.8 Å². The summed E-state index contributed by atoms with van der Waals surface area (Å²) in [6.07, 6.45) is 2.08. The molecule has 4 nitrogen and oxygen atoms in total. The molecule has 1 N–H and O–H groups in total. The van der Waals surface area contributed by atoms with Gasteiger partial charge in [-0.25, -0.2) is 9.78 Å². The molecule has 0 bridgehead atoms. The molecule has 0 radical (unpaired) electrons. The largest absolute Gasteiger partial charge is 0.478 e. The number of benzene rings is 1. The molecule has 5 heteroatoms. The first-order valence-corrected chi connectivity index (χ1v) is 8.40. The number of nitrogens with zero attached hydrogens (tertiary/aromatic N) is 2. The van der Waals surface area contributed by atoms with E-state index in [0.717, 1.165) is 17.1 Å². The van der Waals surface area contributed by atoms with Crippen LogP contribution in [-0.4, -0.2) is 32.6 Å². The number of carboxylic acids is 1. The second-order valence-corrected chi connectivity index (χ2v) is 7.25. The minimum absolute atomic E-state index is 0.137. The Morgan fingerprint density at radius 3 is 2.62 bits per heavy atom. The predicted octanol–water partition coefficient (Wildman–Crippen LogP) is 3.96. The molecular weight excluding hydrogens is 284 g/mol. The monoisotopic (exact) mass is 306 g/mol. The van der Waals surface area contributed by atoms with Gasteiger partial charge >= 0.3 is 5.97 Å². The van der Waals surface area contributed by atoms with Crippen molar-refractivity contribution >= 4 is 28.8 Å². The lowest BCUT2D eigenvalue weighted by molar-refractivity contribution is 0.0699. The number of rotatable bonds is 4. The van der Waals surface area contributed by atoms with Crippen LogP contribution in [0.15, 0.2) is 18.2 Å². The smallest absolute Gasteiger partial charge is 0.337 e. The number of carboxylic acid groups (broad SMARTS) is 1. The van der Waals surface area contributed by atoms with Gasteiger partial charge in [-0.05, 0) is 25.3 Å². The molecule has 0 fully saturated rings. The number of aromatic nitrogens is 2. The van der Waals surface area contributed by atoms with Crippen molar-refractivity contribution in [1.29, 1.82) is 0 Å². The molecular formula is C16H22N2O2S. The van der Waals surface area contributed by atoms with Crippen molar-refractivity contribution in [2.24, 2.45) is 0 Å². The van der Waals surface area contributed by atoms with Crippen LogP contribution in [0.5, 0.6) is 0 Å². The molecule has 21 heavy (non-hydrogen) atoms. The van der Waals surface area contributed by atoms with Crippen LogP contribution in [-0.2, 0) is 5.41 Å². The molecule has 0 saturated heterocycles. The maximum absolute atomic E-state index is 11.4. The van der Waals surface area contributed by atoms with Crippen molar-refractivity contribution in [3.05, 3.63) is 29.6 Å². The highest BCUT2D eigenvalue weighted by Gasteiger charge is 2.27. The standard InChI is InChI=1S/C16H22N2O2S/c1-10(9-21-5)18-12-8-6-7-11(14(19)20)13(12)17-15(18)16(2,3)4/h6-8,10H,9H2,1-5H3,(H,19,20). The Kier molecular flexibility index (Phi) is 4.33. The third-order valence-corrected chi connectivity index (χ3v) is 4.29. The lowest BCUT2D eigenvalue weighted by atomic mass is 9.95. The zero-order valence-electron chi connectivity index (χ0n) is 13.2. The van der Waals surface area contributed by atoms with Crippen LogP contribution in [0.3, 0.4) is 0 Å². The second kappa shape index (κ2) is 5.72. The maximum atomic E-state index is 11.4. The van der Waals surface area contributed by atoms with Crippen molar-refractivity contribution in [1.82, 2.24) is 9.55 Å². The van der Waals surface area contributed by atoms with E-state index >= 15 is 0 Å². The van der Waals surface area contributed by atoms with E-state index in [4.69, 9.17) is 0 Å². The first kappa shape index (κ1) is 15.9. The first-order valence-electron chi connectivity index (χ1n) is 7.01. The van der Waals surface area contributed by atoms with Gasteiger partial charge in [-0.1, -0.05) is 26.8 Å². The molecule has 0 amide bonds. The maximum Gasteiger partial charge on any atom is 0.337 e. The molecule has 0 aliphatic heterocycles. The van der Waals surface area contributed by atoms with Crippen molar-refractivity contribution in [3.8, 4) is 0 Å². The third-order valence-electron chi connectivity index (χ3n) is 3.47. The molecule has 2 rings (SSSR count). The zero-order valence-corrected chi connectivity index (χ0v) is 14.0. The molecule has 2 aromatic rings. The Morgan fingerprint density at radius 1 is 1.43 bits per heavy atom. The van der Waals surface area contributed by atoms with Gasteiger partial charge in [0.05, 0.1) is 11.1 Å². The number of hydrogen-bond acceptors (Lipinski definition) is 3. The van der Waals surface area contributed by atoms with E-state index in [9.17, 15) is 9.90 Å². The van der Waals surface area contributed by atoms with Crippen LogP contribution in [0.2, 0.25) is 0 Å². The van der Waals surface area contributed by atoms with Crippen molar-refractivity contribution < 1.29 is 9.90 Å². The van der Waals surface area contributed by atoms with Gasteiger partial charge in [0.1, 0.15) is 11.3 Å². The Bertz CT molecular complexity index is 671. The van der Waals surface area contributed by atoms with E-state index in [-0.39, 0.29) is 17.0 Å². The van der Waals surface area contributed by atoms with E-state index in [2.05, 4.69) is 43.5 Å². The minimum atomic E-state index is -0.928. The SMILES string of the molecule is CSCC(C)n1c(C(C)(C)C)nc2c(C(=O)O)cccc21. The molecule has 1 unspecified atom stereocenters. The Labute approximate surface area is 129 Å². The fraction of sp³-hybridized carbons (Fsp3) is 0.500. The van der Waals surface area contributed by atoms with Crippen LogP contribution in [0.25, 0.3) is 11.0 Å². The summed E-state index contributed by atoms with van der Waals surface area (Å²) in [5, 5.41) is 9.37. The van der Waals surface area contributed by atoms with Crippen LogP contribution < -0.4 is 0 Å². The van der Waals surface area contributed by atoms with E-state index < -0.39 is 5.97 Å². The predicted molar refractivity (Wildman–Crippen MR) is 88.5 cm³/mol. The summed E-state index contributed by atoms with van der Waals surface area (Å²) in [6, 6.07) is 5.64. The van der Waals surface area contributed by atoms with Crippen molar-refractivity contribution in [3.63, 3.8) is 0 Å². The summed E-state index contributed by atoms with van der Waals surface area (Å²) in [6.45, 7) is 8.48. The molecule has 1 aromatic carbocycles. The van der Waals surface area contributed by atoms with E-state index in [1.807, 2.05) is 6.07 Å². The quantitative estimate of drug-likeness (QED) is 0.929. The van der Waals surface area contributed by atoms with Crippen LogP contribution in [0.1, 0.15) is 49.9 Å². The molecule has 1 heterocycles. The Balaban J connectivity index is 2.79. The summed E-state index contributed by atoms with van der Waals surface area (Å²) in [4.78, 5) is 16.1. The average Bonchev–Trinajstić information content (AvgIpc) is 2.77. The molecule has 114 valence electrons. The van der Waals surface area contributed by atoms with Gasteiger partial charge in [-0.2, -0.15) is 11.8 Å². The zero-order chi connectivity index (χ0) is 15.8. The number of fused-ring (bicyclic) bond motifs is 1. The number of imidazole rings is 1. The first-order chi connectivity index (χ1) is 9.77. The third kappa shape index (κ3) is 2.93. The lowest BCUT2D eigenvalue weighted by Crippen LogP contribution is -2.22. The van der Waals surface area contributed by atoms with Gasteiger partial charge in [0.2, 0.25) is 0 Å². The summed E-state index contributed by atoms with van der Waals surface area (Å²) >= 11 is 1.78. The average molecular weight is 306 g/mol. The van der Waals surface area contributed by atoms with Crippen LogP contribution in [0.4, 0.5) is 0 Å². The molecule has 0 aliphatic carbocycles. The topological polar surface area (TPSA) is 55.1 Å². The van der Waals surface area contributed by atoms with E-state index in [0.29, 0.717) is 5.52 Å². The second-order valence-electron chi connectivity index (χ2n) is 6.34. The molecule has 0 spiro atoms. The molecule has 0 aliphatic rings. The number of hydrogen-bond donors (Lipinski definition) is 1. The minimum Gasteiger partial charge on any atom is -0.478 e. The number of thioether (sulfide) groups is 1. The Hall–Kier alpha value is -1.49. The van der Waals surface area contributed by atoms with E-state index in [1.54, 1.807) is 23.9 Å². The van der Waals surface area contributed by atoms with Gasteiger partial charge in [-0.3, -0.25) is 0 Å². The highest BCUT2D eigenvalue weighted by molar-refractivity contribution is 7.98. The lowest BCUT2D eigenvalue weighted by Gasteiger charge is -2.24. The summed E-state index contributed by atoms with van der Waals surface area (Å²) in [5.74, 6) is 0.974. The summed E-state index contributed by atoms with van der Waals surface area (Å²) < 4.78 is 2.19. The van der Waals surface area contributed by atoms with Gasteiger partial charge in [0, 0.05) is 17.2 Å². The van der Waals surface area contributed by atoms with Gasteiger partial charge in [0.15, 0.2) is 0 Å². The van der Waals surface area contributed by atoms with E-state index in [1.165, 1.54) is 0 Å². The van der Waals surface area contributed by atoms with Gasteiger partial charge in [-0.15, -0.1) is 0 Å². The molecule has 1 aromatic heterocycles. The number of carbonyl (C=O) groups is 1. The highest BCUT2D eigenvalue weighted by atomic mass is 32.2. The number of aromatic carboxylic acids is 1. The summed E-state index contributed by atoms with van der Waals surface area (Å²) in [7, 11) is 0. The normalized spacial score (nSPS) is 13.6. The number of para-hydroxylation sites is 1. The molecule has 1 atom stereocenters. The fourth-order valence-corrected chi connectivity index (χ4v) is 3.21. The van der Waals surface area contributed by atoms with Gasteiger partial charge in [0.25, 0.3) is 0 Å². The fourth-order valence-electron chi connectivity index (χ4n) is 2.58. The molecule has 0 saturated carbocycles.